The number of rotatable bonds is 2. The minimum Gasteiger partial charge on any atom is -0.378 e. The highest BCUT2D eigenvalue weighted by Crippen LogP contribution is 2.24. The van der Waals surface area contributed by atoms with Gasteiger partial charge in [-0.15, -0.1) is 0 Å². The molecule has 2 N–H and O–H groups in total. The van der Waals surface area contributed by atoms with E-state index in [2.05, 4.69) is 35.6 Å². The van der Waals surface area contributed by atoms with Crippen molar-refractivity contribution in [2.75, 3.05) is 36.8 Å². The molecule has 0 aliphatic carbocycles. The first-order valence-electron chi connectivity index (χ1n) is 6.70. The molecule has 1 aliphatic heterocycles. The van der Waals surface area contributed by atoms with Crippen LogP contribution in [0.2, 0.25) is 0 Å². The number of pyridine rings is 1. The highest BCUT2D eigenvalue weighted by Gasteiger charge is 2.26. The van der Waals surface area contributed by atoms with Crippen molar-refractivity contribution in [1.82, 2.24) is 9.88 Å². The van der Waals surface area contributed by atoms with E-state index in [-0.39, 0.29) is 17.0 Å². The van der Waals surface area contributed by atoms with Crippen molar-refractivity contribution >= 4 is 17.3 Å². The number of nitrogens with zero attached hydrogens (tertiary/aromatic N) is 4. The lowest BCUT2D eigenvalue weighted by Gasteiger charge is -2.42. The molecule has 0 spiro atoms. The van der Waals surface area contributed by atoms with Crippen molar-refractivity contribution in [2.24, 2.45) is 0 Å². The van der Waals surface area contributed by atoms with E-state index in [1.807, 2.05) is 0 Å². The molecule has 7 heteroatoms. The Bertz CT molecular complexity index is 504. The first-order chi connectivity index (χ1) is 9.29. The SMILES string of the molecule is CC(C)(C)N1CCN(c2ccc([N+](=O)[O-])c(N)n2)CC1. The molecule has 0 bridgehead atoms. The van der Waals surface area contributed by atoms with Crippen LogP contribution in [0.3, 0.4) is 0 Å². The van der Waals surface area contributed by atoms with Gasteiger partial charge in [0.25, 0.3) is 0 Å². The summed E-state index contributed by atoms with van der Waals surface area (Å²) in [6.45, 7) is 10.2. The zero-order valence-corrected chi connectivity index (χ0v) is 12.2. The Hall–Kier alpha value is -1.89. The summed E-state index contributed by atoms with van der Waals surface area (Å²) in [4.78, 5) is 18.9. The molecule has 7 nitrogen and oxygen atoms in total. The number of nitro groups is 1. The van der Waals surface area contributed by atoms with Gasteiger partial charge < -0.3 is 10.6 Å². The molecular weight excluding hydrogens is 258 g/mol. The number of anilines is 2. The summed E-state index contributed by atoms with van der Waals surface area (Å²) >= 11 is 0. The Morgan fingerprint density at radius 1 is 1.25 bits per heavy atom. The molecular formula is C13H21N5O2. The molecule has 0 aromatic carbocycles. The smallest absolute Gasteiger partial charge is 0.311 e. The second-order valence-electron chi connectivity index (χ2n) is 5.98. The normalized spacial score (nSPS) is 17.2. The van der Waals surface area contributed by atoms with Crippen LogP contribution in [0.25, 0.3) is 0 Å². The first kappa shape index (κ1) is 14.5. The number of hydrogen-bond acceptors (Lipinski definition) is 6. The Morgan fingerprint density at radius 2 is 1.85 bits per heavy atom. The van der Waals surface area contributed by atoms with E-state index in [4.69, 9.17) is 5.73 Å². The summed E-state index contributed by atoms with van der Waals surface area (Å²) in [5, 5.41) is 10.7. The summed E-state index contributed by atoms with van der Waals surface area (Å²) in [6.07, 6.45) is 0. The van der Waals surface area contributed by atoms with E-state index in [0.29, 0.717) is 5.82 Å². The van der Waals surface area contributed by atoms with Crippen LogP contribution in [0.5, 0.6) is 0 Å². The lowest BCUT2D eigenvalue weighted by molar-refractivity contribution is -0.384. The number of piperazine rings is 1. The van der Waals surface area contributed by atoms with Crippen LogP contribution in [0, 0.1) is 10.1 Å². The van der Waals surface area contributed by atoms with Crippen molar-refractivity contribution in [1.29, 1.82) is 0 Å². The number of nitrogen functional groups attached to an aromatic ring is 1. The molecule has 1 aromatic rings. The molecule has 0 saturated carbocycles. The maximum atomic E-state index is 10.7. The van der Waals surface area contributed by atoms with Crippen molar-refractivity contribution in [3.8, 4) is 0 Å². The summed E-state index contributed by atoms with van der Waals surface area (Å²) < 4.78 is 0. The first-order valence-corrected chi connectivity index (χ1v) is 6.70. The van der Waals surface area contributed by atoms with Crippen molar-refractivity contribution in [3.63, 3.8) is 0 Å². The van der Waals surface area contributed by atoms with Gasteiger partial charge in [-0.1, -0.05) is 0 Å². The van der Waals surface area contributed by atoms with Gasteiger partial charge in [-0.05, 0) is 26.8 Å². The fraction of sp³-hybridized carbons (Fsp3) is 0.615. The molecule has 1 aromatic heterocycles. The van der Waals surface area contributed by atoms with Crippen molar-refractivity contribution in [2.45, 2.75) is 26.3 Å². The van der Waals surface area contributed by atoms with Gasteiger partial charge in [-0.25, -0.2) is 4.98 Å². The van der Waals surface area contributed by atoms with E-state index in [0.717, 1.165) is 26.2 Å². The van der Waals surface area contributed by atoms with E-state index >= 15 is 0 Å². The van der Waals surface area contributed by atoms with E-state index < -0.39 is 4.92 Å². The third kappa shape index (κ3) is 2.98. The Labute approximate surface area is 118 Å². The monoisotopic (exact) mass is 279 g/mol. The highest BCUT2D eigenvalue weighted by molar-refractivity contribution is 5.58. The molecule has 2 rings (SSSR count). The quantitative estimate of drug-likeness (QED) is 0.652. The predicted molar refractivity (Wildman–Crippen MR) is 78.8 cm³/mol. The van der Waals surface area contributed by atoms with E-state index in [9.17, 15) is 10.1 Å². The Kier molecular flexibility index (Phi) is 3.80. The third-order valence-electron chi connectivity index (χ3n) is 3.64. The van der Waals surface area contributed by atoms with Crippen molar-refractivity contribution in [3.05, 3.63) is 22.2 Å². The highest BCUT2D eigenvalue weighted by atomic mass is 16.6. The maximum absolute atomic E-state index is 10.7. The van der Waals surface area contributed by atoms with Gasteiger partial charge in [0.2, 0.25) is 5.82 Å². The van der Waals surface area contributed by atoms with Crippen molar-refractivity contribution < 1.29 is 4.92 Å². The summed E-state index contributed by atoms with van der Waals surface area (Å²) in [7, 11) is 0. The molecule has 0 atom stereocenters. The van der Waals surface area contributed by atoms with Crippen LogP contribution >= 0.6 is 0 Å². The van der Waals surface area contributed by atoms with Gasteiger partial charge in [0.05, 0.1) is 4.92 Å². The maximum Gasteiger partial charge on any atom is 0.311 e. The summed E-state index contributed by atoms with van der Waals surface area (Å²) in [5.41, 5.74) is 5.66. The molecule has 110 valence electrons. The van der Waals surface area contributed by atoms with Crippen LogP contribution in [0.1, 0.15) is 20.8 Å². The molecule has 1 saturated heterocycles. The molecule has 0 radical (unpaired) electrons. The van der Waals surface area contributed by atoms with E-state index in [1.54, 1.807) is 6.07 Å². The zero-order valence-electron chi connectivity index (χ0n) is 12.2. The van der Waals surface area contributed by atoms with Crippen LogP contribution in [-0.2, 0) is 0 Å². The molecule has 1 aliphatic rings. The van der Waals surface area contributed by atoms with Gasteiger partial charge in [0.15, 0.2) is 0 Å². The zero-order chi connectivity index (χ0) is 14.9. The third-order valence-corrected chi connectivity index (χ3v) is 3.64. The van der Waals surface area contributed by atoms with Gasteiger partial charge in [0, 0.05) is 37.8 Å². The topological polar surface area (TPSA) is 88.5 Å². The standard InChI is InChI=1S/C13H21N5O2/c1-13(2,3)17-8-6-16(7-9-17)11-5-4-10(18(19)20)12(14)15-11/h4-5H,6-9H2,1-3H3,(H2,14,15). The second-order valence-corrected chi connectivity index (χ2v) is 5.98. The molecule has 20 heavy (non-hydrogen) atoms. The van der Waals surface area contributed by atoms with E-state index in [1.165, 1.54) is 6.07 Å². The van der Waals surface area contributed by atoms with Gasteiger partial charge in [-0.2, -0.15) is 0 Å². The molecule has 0 amide bonds. The van der Waals surface area contributed by atoms with Gasteiger partial charge >= 0.3 is 5.69 Å². The fourth-order valence-electron chi connectivity index (χ4n) is 2.39. The number of nitrogens with two attached hydrogens (primary N) is 1. The number of aromatic nitrogens is 1. The lowest BCUT2D eigenvalue weighted by atomic mass is 10.1. The minimum atomic E-state index is -0.510. The Balaban J connectivity index is 2.08. The van der Waals surface area contributed by atoms with Crippen LogP contribution in [0.15, 0.2) is 12.1 Å². The summed E-state index contributed by atoms with van der Waals surface area (Å²) in [6, 6.07) is 3.09. The fourth-order valence-corrected chi connectivity index (χ4v) is 2.39. The lowest BCUT2D eigenvalue weighted by Crippen LogP contribution is -2.53. The minimum absolute atomic E-state index is 0.0225. The van der Waals surface area contributed by atoms with Gasteiger partial charge in [-0.3, -0.25) is 15.0 Å². The van der Waals surface area contributed by atoms with Gasteiger partial charge in [0.1, 0.15) is 5.82 Å². The van der Waals surface area contributed by atoms with Crippen LogP contribution < -0.4 is 10.6 Å². The average Bonchev–Trinajstić information content (AvgIpc) is 2.37. The molecule has 0 unspecified atom stereocenters. The number of hydrogen-bond donors (Lipinski definition) is 1. The second kappa shape index (κ2) is 5.24. The summed E-state index contributed by atoms with van der Waals surface area (Å²) in [5.74, 6) is 0.687. The largest absolute Gasteiger partial charge is 0.378 e. The molecule has 1 fully saturated rings. The predicted octanol–water partition coefficient (Wildman–Crippen LogP) is 1.49. The van der Waals surface area contributed by atoms with Crippen LogP contribution in [-0.4, -0.2) is 46.5 Å². The Morgan fingerprint density at radius 3 is 2.30 bits per heavy atom. The van der Waals surface area contributed by atoms with Crippen LogP contribution in [0.4, 0.5) is 17.3 Å². The molecule has 2 heterocycles. The average molecular weight is 279 g/mol.